The minimum Gasteiger partial charge on any atom is -0.358 e. The Balaban J connectivity index is 1.87. The van der Waals surface area contributed by atoms with Gasteiger partial charge in [-0.15, -0.1) is 0 Å². The first-order chi connectivity index (χ1) is 10.3. The molecule has 4 nitrogen and oxygen atoms in total. The van der Waals surface area contributed by atoms with Gasteiger partial charge >= 0.3 is 0 Å². The van der Waals surface area contributed by atoms with E-state index in [1.54, 1.807) is 12.3 Å². The van der Waals surface area contributed by atoms with Gasteiger partial charge in [-0.05, 0) is 36.2 Å². The summed E-state index contributed by atoms with van der Waals surface area (Å²) in [5, 5.41) is 18.9. The van der Waals surface area contributed by atoms with Gasteiger partial charge in [0.1, 0.15) is 6.07 Å². The Bertz CT molecular complexity index is 883. The molecule has 0 atom stereocenters. The standard InChI is InChI=1S/C16H10N4S/c17-8-11-3-1-4-13(7-11)21-20-15-6-2-5-14-12(9-18)10-19-16(14)15/h1-7,10,19-20H. The molecule has 0 spiro atoms. The molecule has 0 bridgehead atoms. The molecule has 3 rings (SSSR count). The summed E-state index contributed by atoms with van der Waals surface area (Å²) in [5.74, 6) is 0. The minimum absolute atomic E-state index is 0.630. The molecule has 0 saturated carbocycles. The van der Waals surface area contributed by atoms with E-state index in [0.29, 0.717) is 11.1 Å². The Morgan fingerprint density at radius 1 is 1.05 bits per heavy atom. The van der Waals surface area contributed by atoms with Crippen LogP contribution in [-0.4, -0.2) is 4.98 Å². The lowest BCUT2D eigenvalue weighted by atomic mass is 10.2. The van der Waals surface area contributed by atoms with Crippen LogP contribution in [0, 0.1) is 22.7 Å². The number of fused-ring (bicyclic) bond motifs is 1. The van der Waals surface area contributed by atoms with Crippen LogP contribution in [0.3, 0.4) is 0 Å². The topological polar surface area (TPSA) is 75.4 Å². The average Bonchev–Trinajstić information content (AvgIpc) is 2.96. The lowest BCUT2D eigenvalue weighted by molar-refractivity contribution is 1.40. The molecular weight excluding hydrogens is 280 g/mol. The summed E-state index contributed by atoms with van der Waals surface area (Å²) in [6, 6.07) is 17.4. The number of para-hydroxylation sites is 1. The molecule has 2 N–H and O–H groups in total. The molecule has 0 aliphatic heterocycles. The number of hydrogen-bond donors (Lipinski definition) is 2. The number of aromatic amines is 1. The minimum atomic E-state index is 0.630. The van der Waals surface area contributed by atoms with E-state index in [-0.39, 0.29) is 0 Å². The maximum absolute atomic E-state index is 9.05. The first-order valence-electron chi connectivity index (χ1n) is 6.25. The van der Waals surface area contributed by atoms with Crippen molar-refractivity contribution in [1.29, 1.82) is 10.5 Å². The molecule has 0 radical (unpaired) electrons. The van der Waals surface area contributed by atoms with E-state index in [1.165, 1.54) is 11.9 Å². The number of nitrogens with one attached hydrogen (secondary N) is 2. The van der Waals surface area contributed by atoms with Crippen molar-refractivity contribution in [2.75, 3.05) is 4.72 Å². The van der Waals surface area contributed by atoms with E-state index in [9.17, 15) is 0 Å². The summed E-state index contributed by atoms with van der Waals surface area (Å²) in [5.41, 5.74) is 3.07. The maximum atomic E-state index is 9.05. The van der Waals surface area contributed by atoms with Crippen molar-refractivity contribution in [3.63, 3.8) is 0 Å². The first-order valence-corrected chi connectivity index (χ1v) is 7.06. The molecule has 0 amide bonds. The average molecular weight is 290 g/mol. The highest BCUT2D eigenvalue weighted by atomic mass is 32.2. The van der Waals surface area contributed by atoms with Gasteiger partial charge in [0.2, 0.25) is 0 Å². The zero-order valence-electron chi connectivity index (χ0n) is 10.9. The Hall–Kier alpha value is -2.89. The van der Waals surface area contributed by atoms with Gasteiger partial charge in [-0.2, -0.15) is 10.5 Å². The monoisotopic (exact) mass is 290 g/mol. The fourth-order valence-electron chi connectivity index (χ4n) is 2.07. The van der Waals surface area contributed by atoms with Crippen LogP contribution in [-0.2, 0) is 0 Å². The number of aromatic nitrogens is 1. The molecular formula is C16H10N4S. The predicted octanol–water partition coefficient (Wildman–Crippen LogP) is 4.03. The van der Waals surface area contributed by atoms with Crippen molar-refractivity contribution in [3.8, 4) is 12.1 Å². The highest BCUT2D eigenvalue weighted by Gasteiger charge is 2.07. The Morgan fingerprint density at radius 2 is 1.90 bits per heavy atom. The van der Waals surface area contributed by atoms with E-state index in [1.807, 2.05) is 36.4 Å². The predicted molar refractivity (Wildman–Crippen MR) is 83.7 cm³/mol. The summed E-state index contributed by atoms with van der Waals surface area (Å²) in [6.07, 6.45) is 1.71. The van der Waals surface area contributed by atoms with Crippen LogP contribution in [0.15, 0.2) is 53.6 Å². The molecule has 3 aromatic rings. The Morgan fingerprint density at radius 3 is 2.71 bits per heavy atom. The van der Waals surface area contributed by atoms with E-state index in [4.69, 9.17) is 10.5 Å². The summed E-state index contributed by atoms with van der Waals surface area (Å²) in [4.78, 5) is 4.07. The maximum Gasteiger partial charge on any atom is 0.101 e. The summed E-state index contributed by atoms with van der Waals surface area (Å²) in [7, 11) is 0. The molecule has 1 heterocycles. The van der Waals surface area contributed by atoms with Crippen molar-refractivity contribution in [3.05, 3.63) is 59.8 Å². The Kier molecular flexibility index (Phi) is 3.51. The van der Waals surface area contributed by atoms with Gasteiger partial charge in [-0.25, -0.2) is 0 Å². The van der Waals surface area contributed by atoms with E-state index in [2.05, 4.69) is 21.8 Å². The number of anilines is 1. The molecule has 2 aromatic carbocycles. The fraction of sp³-hybridized carbons (Fsp3) is 0. The Labute approximate surface area is 126 Å². The molecule has 0 aliphatic rings. The largest absolute Gasteiger partial charge is 0.358 e. The number of nitrogens with zero attached hydrogens (tertiary/aromatic N) is 2. The van der Waals surface area contributed by atoms with E-state index < -0.39 is 0 Å². The molecule has 0 saturated heterocycles. The molecule has 0 aliphatic carbocycles. The molecule has 0 unspecified atom stereocenters. The smallest absolute Gasteiger partial charge is 0.101 e. The lowest BCUT2D eigenvalue weighted by Gasteiger charge is -2.07. The lowest BCUT2D eigenvalue weighted by Crippen LogP contribution is -1.88. The van der Waals surface area contributed by atoms with Crippen molar-refractivity contribution in [1.82, 2.24) is 4.98 Å². The summed E-state index contributed by atoms with van der Waals surface area (Å²) >= 11 is 1.43. The quantitative estimate of drug-likeness (QED) is 0.714. The van der Waals surface area contributed by atoms with Gasteiger partial charge in [0.25, 0.3) is 0 Å². The second-order valence-electron chi connectivity index (χ2n) is 4.39. The summed E-state index contributed by atoms with van der Waals surface area (Å²) < 4.78 is 3.26. The number of hydrogen-bond acceptors (Lipinski definition) is 4. The molecule has 1 aromatic heterocycles. The molecule has 21 heavy (non-hydrogen) atoms. The van der Waals surface area contributed by atoms with Crippen LogP contribution in [0.4, 0.5) is 5.69 Å². The third kappa shape index (κ3) is 2.55. The van der Waals surface area contributed by atoms with Crippen LogP contribution in [0.2, 0.25) is 0 Å². The summed E-state index contributed by atoms with van der Waals surface area (Å²) in [6.45, 7) is 0. The third-order valence-electron chi connectivity index (χ3n) is 3.08. The normalized spacial score (nSPS) is 10.0. The number of benzene rings is 2. The van der Waals surface area contributed by atoms with E-state index >= 15 is 0 Å². The molecule has 5 heteroatoms. The van der Waals surface area contributed by atoms with Crippen LogP contribution < -0.4 is 4.72 Å². The van der Waals surface area contributed by atoms with Crippen LogP contribution in [0.1, 0.15) is 11.1 Å². The van der Waals surface area contributed by atoms with Crippen molar-refractivity contribution < 1.29 is 0 Å². The fourth-order valence-corrected chi connectivity index (χ4v) is 2.81. The number of nitriles is 2. The zero-order valence-corrected chi connectivity index (χ0v) is 11.7. The van der Waals surface area contributed by atoms with Gasteiger partial charge in [0, 0.05) is 16.5 Å². The van der Waals surface area contributed by atoms with Gasteiger partial charge < -0.3 is 9.71 Å². The molecule has 0 fully saturated rings. The number of rotatable bonds is 3. The third-order valence-corrected chi connectivity index (χ3v) is 3.89. The van der Waals surface area contributed by atoms with Gasteiger partial charge in [-0.1, -0.05) is 18.2 Å². The van der Waals surface area contributed by atoms with Crippen molar-refractivity contribution in [2.45, 2.75) is 4.90 Å². The van der Waals surface area contributed by atoms with Crippen molar-refractivity contribution >= 4 is 28.5 Å². The highest BCUT2D eigenvalue weighted by Crippen LogP contribution is 2.29. The first kappa shape index (κ1) is 13.1. The number of H-pyrrole nitrogens is 1. The van der Waals surface area contributed by atoms with Gasteiger partial charge in [0.05, 0.1) is 28.4 Å². The van der Waals surface area contributed by atoms with Crippen LogP contribution >= 0.6 is 11.9 Å². The zero-order chi connectivity index (χ0) is 14.7. The SMILES string of the molecule is N#Cc1cccc(SNc2cccc3c(C#N)c[nH]c23)c1. The van der Waals surface area contributed by atoms with E-state index in [0.717, 1.165) is 21.5 Å². The van der Waals surface area contributed by atoms with Crippen LogP contribution in [0.5, 0.6) is 0 Å². The second-order valence-corrected chi connectivity index (χ2v) is 5.27. The molecule has 100 valence electrons. The van der Waals surface area contributed by atoms with Gasteiger partial charge in [0.15, 0.2) is 0 Å². The highest BCUT2D eigenvalue weighted by molar-refractivity contribution is 8.00. The second kappa shape index (κ2) is 5.62. The van der Waals surface area contributed by atoms with Gasteiger partial charge in [-0.3, -0.25) is 0 Å². The van der Waals surface area contributed by atoms with Crippen LogP contribution in [0.25, 0.3) is 10.9 Å². The van der Waals surface area contributed by atoms with Crippen molar-refractivity contribution in [2.24, 2.45) is 0 Å².